The van der Waals surface area contributed by atoms with Crippen molar-refractivity contribution in [3.8, 4) is 0 Å². The minimum atomic E-state index is -0.637. The van der Waals surface area contributed by atoms with Crippen LogP contribution in [0.4, 0.5) is 0 Å². The second-order valence-electron chi connectivity index (χ2n) is 7.47. The van der Waals surface area contributed by atoms with Crippen molar-refractivity contribution in [1.82, 2.24) is 9.47 Å². The first-order chi connectivity index (χ1) is 13.6. The fourth-order valence-electron chi connectivity index (χ4n) is 3.67. The van der Waals surface area contributed by atoms with Gasteiger partial charge in [-0.15, -0.1) is 0 Å². The molecule has 0 aromatic carbocycles. The molecule has 1 amide bonds. The number of rotatable bonds is 11. The summed E-state index contributed by atoms with van der Waals surface area (Å²) < 4.78 is 12.1. The Morgan fingerprint density at radius 1 is 1.10 bits per heavy atom. The number of ether oxygens (including phenoxy) is 2. The van der Waals surface area contributed by atoms with Gasteiger partial charge in [0.15, 0.2) is 5.78 Å². The Morgan fingerprint density at radius 3 is 2.21 bits per heavy atom. The lowest BCUT2D eigenvalue weighted by Crippen LogP contribution is -2.46. The van der Waals surface area contributed by atoms with Gasteiger partial charge >= 0.3 is 5.97 Å². The van der Waals surface area contributed by atoms with Crippen molar-refractivity contribution in [1.29, 1.82) is 0 Å². The molecule has 1 aromatic rings. The zero-order chi connectivity index (χ0) is 22.3. The predicted octanol–water partition coefficient (Wildman–Crippen LogP) is 3.39. The minimum absolute atomic E-state index is 0.0715. The zero-order valence-electron chi connectivity index (χ0n) is 19.1. The molecule has 0 bridgehead atoms. The Hall–Kier alpha value is -2.15. The molecule has 1 aromatic heterocycles. The van der Waals surface area contributed by atoms with Crippen molar-refractivity contribution in [2.75, 3.05) is 26.9 Å². The molecule has 1 heterocycles. The van der Waals surface area contributed by atoms with Crippen molar-refractivity contribution >= 4 is 17.7 Å². The summed E-state index contributed by atoms with van der Waals surface area (Å²) in [6.07, 6.45) is 0.647. The number of esters is 1. The maximum Gasteiger partial charge on any atom is 0.355 e. The van der Waals surface area contributed by atoms with E-state index in [1.165, 1.54) is 0 Å². The van der Waals surface area contributed by atoms with Gasteiger partial charge in [0.05, 0.1) is 12.6 Å². The highest BCUT2D eigenvalue weighted by Gasteiger charge is 2.33. The summed E-state index contributed by atoms with van der Waals surface area (Å²) in [5, 5.41) is 0. The lowest BCUT2D eigenvalue weighted by molar-refractivity contribution is -0.135. The first kappa shape index (κ1) is 24.9. The Bertz CT molecular complexity index is 736. The number of carbonyl (C=O) groups is 3. The maximum absolute atomic E-state index is 13.5. The smallest absolute Gasteiger partial charge is 0.355 e. The average Bonchev–Trinajstić information content (AvgIpc) is 2.93. The molecule has 0 spiro atoms. The molecule has 164 valence electrons. The first-order valence-corrected chi connectivity index (χ1v) is 10.3. The Balaban J connectivity index is 3.35. The normalized spacial score (nSPS) is 12.2. The molecule has 7 heteroatoms. The summed E-state index contributed by atoms with van der Waals surface area (Å²) in [6, 6.07) is -0.637. The second-order valence-corrected chi connectivity index (χ2v) is 7.47. The molecule has 7 nitrogen and oxygen atoms in total. The van der Waals surface area contributed by atoms with Gasteiger partial charge < -0.3 is 18.9 Å². The third-order valence-corrected chi connectivity index (χ3v) is 5.17. The standard InChI is InChI=1S/C22H36N2O5/c1-9-23-16(6)18(15(5)19(23)22(27)29-10-2)20(25)17(7)24(12-11-13-28-8)21(26)14(3)4/h14,17H,9-13H2,1-8H3. The van der Waals surface area contributed by atoms with Gasteiger partial charge in [0.1, 0.15) is 5.69 Å². The second kappa shape index (κ2) is 11.1. The topological polar surface area (TPSA) is 77.8 Å². The quantitative estimate of drug-likeness (QED) is 0.319. The number of carbonyl (C=O) groups excluding carboxylic acids is 3. The van der Waals surface area contributed by atoms with Crippen LogP contribution in [0.15, 0.2) is 0 Å². The van der Waals surface area contributed by atoms with Crippen molar-refractivity contribution in [2.24, 2.45) is 5.92 Å². The highest BCUT2D eigenvalue weighted by atomic mass is 16.5. The van der Waals surface area contributed by atoms with Gasteiger partial charge in [0, 0.05) is 44.0 Å². The molecule has 0 fully saturated rings. The highest BCUT2D eigenvalue weighted by molar-refractivity contribution is 6.06. The predicted molar refractivity (Wildman–Crippen MR) is 112 cm³/mol. The van der Waals surface area contributed by atoms with Gasteiger partial charge in [0.25, 0.3) is 0 Å². The molecule has 1 unspecified atom stereocenters. The van der Waals surface area contributed by atoms with Crippen LogP contribution in [0.2, 0.25) is 0 Å². The molecule has 1 rings (SSSR count). The summed E-state index contributed by atoms with van der Waals surface area (Å²) >= 11 is 0. The molecule has 0 saturated carbocycles. The average molecular weight is 409 g/mol. The first-order valence-electron chi connectivity index (χ1n) is 10.3. The van der Waals surface area contributed by atoms with Crippen LogP contribution >= 0.6 is 0 Å². The number of hydrogen-bond donors (Lipinski definition) is 0. The van der Waals surface area contributed by atoms with Crippen LogP contribution in [0.1, 0.15) is 73.1 Å². The van der Waals surface area contributed by atoms with Gasteiger partial charge in [0.2, 0.25) is 5.91 Å². The fraction of sp³-hybridized carbons (Fsp3) is 0.682. The molecule has 0 aliphatic rings. The van der Waals surface area contributed by atoms with Crippen LogP contribution in [0.5, 0.6) is 0 Å². The lowest BCUT2D eigenvalue weighted by atomic mass is 9.98. The number of methoxy groups -OCH3 is 1. The van der Waals surface area contributed by atoms with Gasteiger partial charge in [-0.1, -0.05) is 13.8 Å². The van der Waals surface area contributed by atoms with E-state index in [0.29, 0.717) is 42.9 Å². The van der Waals surface area contributed by atoms with E-state index in [0.717, 1.165) is 5.69 Å². The number of hydrogen-bond acceptors (Lipinski definition) is 5. The van der Waals surface area contributed by atoms with Gasteiger partial charge in [-0.2, -0.15) is 0 Å². The van der Waals surface area contributed by atoms with Crippen LogP contribution in [0.3, 0.4) is 0 Å². The monoisotopic (exact) mass is 408 g/mol. The van der Waals surface area contributed by atoms with E-state index in [9.17, 15) is 14.4 Å². The SMILES string of the molecule is CCOC(=O)c1c(C)c(C(=O)C(C)N(CCCOC)C(=O)C(C)C)c(C)n1CC. The Morgan fingerprint density at radius 2 is 1.72 bits per heavy atom. The molecular weight excluding hydrogens is 372 g/mol. The van der Waals surface area contributed by atoms with E-state index >= 15 is 0 Å². The summed E-state index contributed by atoms with van der Waals surface area (Å²) in [6.45, 7) is 14.4. The summed E-state index contributed by atoms with van der Waals surface area (Å²) in [4.78, 5) is 40.3. The van der Waals surface area contributed by atoms with E-state index in [4.69, 9.17) is 9.47 Å². The van der Waals surface area contributed by atoms with Crippen LogP contribution in [0, 0.1) is 19.8 Å². The van der Waals surface area contributed by atoms with Crippen LogP contribution < -0.4 is 0 Å². The van der Waals surface area contributed by atoms with Gasteiger partial charge in [-0.05, 0) is 46.6 Å². The van der Waals surface area contributed by atoms with Gasteiger partial charge in [-0.25, -0.2) is 4.79 Å². The van der Waals surface area contributed by atoms with Crippen molar-refractivity contribution in [3.63, 3.8) is 0 Å². The minimum Gasteiger partial charge on any atom is -0.461 e. The molecule has 0 N–H and O–H groups in total. The number of amides is 1. The molecule has 0 aliphatic carbocycles. The molecule has 0 aliphatic heterocycles. The number of aromatic nitrogens is 1. The Labute approximate surface area is 174 Å². The number of nitrogens with zero attached hydrogens (tertiary/aromatic N) is 2. The van der Waals surface area contributed by atoms with Crippen LogP contribution in [0.25, 0.3) is 0 Å². The zero-order valence-corrected chi connectivity index (χ0v) is 19.1. The lowest BCUT2D eigenvalue weighted by Gasteiger charge is -2.30. The van der Waals surface area contributed by atoms with Crippen molar-refractivity contribution in [3.05, 3.63) is 22.5 Å². The number of ketones is 1. The third-order valence-electron chi connectivity index (χ3n) is 5.17. The van der Waals surface area contributed by atoms with Crippen LogP contribution in [-0.4, -0.2) is 60.0 Å². The van der Waals surface area contributed by atoms with Gasteiger partial charge in [-0.3, -0.25) is 9.59 Å². The van der Waals surface area contributed by atoms with E-state index in [1.807, 2.05) is 32.3 Å². The summed E-state index contributed by atoms with van der Waals surface area (Å²) in [5.41, 5.74) is 2.23. The van der Waals surface area contributed by atoms with Crippen molar-refractivity contribution in [2.45, 2.75) is 67.5 Å². The van der Waals surface area contributed by atoms with E-state index < -0.39 is 12.0 Å². The summed E-state index contributed by atoms with van der Waals surface area (Å²) in [5.74, 6) is -0.885. The summed E-state index contributed by atoms with van der Waals surface area (Å²) in [7, 11) is 1.61. The van der Waals surface area contributed by atoms with Crippen LogP contribution in [-0.2, 0) is 20.8 Å². The van der Waals surface area contributed by atoms with E-state index in [-0.39, 0.29) is 24.2 Å². The van der Waals surface area contributed by atoms with E-state index in [1.54, 1.807) is 32.8 Å². The maximum atomic E-state index is 13.5. The highest BCUT2D eigenvalue weighted by Crippen LogP contribution is 2.26. The largest absolute Gasteiger partial charge is 0.461 e. The molecule has 29 heavy (non-hydrogen) atoms. The molecule has 1 atom stereocenters. The number of Topliss-reactive ketones (excluding diaryl/α,β-unsaturated/α-hetero) is 1. The molecule has 0 radical (unpaired) electrons. The Kier molecular flexibility index (Phi) is 9.56. The van der Waals surface area contributed by atoms with E-state index in [2.05, 4.69) is 0 Å². The third kappa shape index (κ3) is 5.47. The molecule has 0 saturated heterocycles. The van der Waals surface area contributed by atoms with Crippen molar-refractivity contribution < 1.29 is 23.9 Å². The molecular formula is C22H36N2O5. The fourth-order valence-corrected chi connectivity index (χ4v) is 3.67.